The first-order valence-electron chi connectivity index (χ1n) is 22.4. The molecule has 304 valence electrons. The minimum atomic E-state index is -0.703. The van der Waals surface area contributed by atoms with Crippen LogP contribution in [-0.2, 0) is 5.41 Å². The number of benzene rings is 11. The molecule has 1 unspecified atom stereocenters. The fraction of sp³-hybridized carbons (Fsp3) is 0.0159. The first-order valence-corrected chi connectivity index (χ1v) is 22.4. The molecule has 0 spiro atoms. The highest BCUT2D eigenvalue weighted by molar-refractivity contribution is 6.09. The molecule has 0 aliphatic heterocycles. The number of furan rings is 1. The lowest BCUT2D eigenvalue weighted by molar-refractivity contribution is 0.669. The summed E-state index contributed by atoms with van der Waals surface area (Å²) in [4.78, 5) is 2.49. The summed E-state index contributed by atoms with van der Waals surface area (Å²) in [6, 6.07) is 91.1. The van der Waals surface area contributed by atoms with Gasteiger partial charge in [-0.15, -0.1) is 0 Å². The normalized spacial score (nSPS) is 14.2. The minimum absolute atomic E-state index is 0.703. The number of hydrogen-bond donors (Lipinski definition) is 0. The van der Waals surface area contributed by atoms with E-state index in [1.165, 1.54) is 71.8 Å². The molecule has 11 aromatic carbocycles. The molecule has 13 rings (SSSR count). The standard InChI is InChI=1S/C63H41NO/c1-3-18-42(19-4-1)49-38-39-59(53-27-10-9-25-50(49)53)64(46-35-37-55-54-28-12-16-33-61(54)65-62(55)41-46)60-32-15-14-31-57(60)63(45-22-5-2-6-23-45)56-30-13-11-26-51(56)52-36-34-44(40-58(52)63)48-29-17-21-43-20-7-8-24-47(43)48/h1-41H. The highest BCUT2D eigenvalue weighted by Crippen LogP contribution is 2.60. The van der Waals surface area contributed by atoms with Crippen LogP contribution in [0.3, 0.4) is 0 Å². The third-order valence-corrected chi connectivity index (χ3v) is 13.7. The van der Waals surface area contributed by atoms with Crippen molar-refractivity contribution in [1.82, 2.24) is 0 Å². The molecular formula is C63H41NO. The molecular weight excluding hydrogens is 787 g/mol. The monoisotopic (exact) mass is 827 g/mol. The van der Waals surface area contributed by atoms with Crippen LogP contribution in [-0.4, -0.2) is 0 Å². The van der Waals surface area contributed by atoms with Gasteiger partial charge in [0.15, 0.2) is 0 Å². The molecule has 2 heteroatoms. The fourth-order valence-corrected chi connectivity index (χ4v) is 11.0. The van der Waals surface area contributed by atoms with Crippen LogP contribution in [0.25, 0.3) is 76.9 Å². The summed E-state index contributed by atoms with van der Waals surface area (Å²) >= 11 is 0. The van der Waals surface area contributed by atoms with Crippen molar-refractivity contribution in [3.8, 4) is 33.4 Å². The Kier molecular flexibility index (Phi) is 8.47. The van der Waals surface area contributed by atoms with Crippen LogP contribution >= 0.6 is 0 Å². The van der Waals surface area contributed by atoms with Crippen molar-refractivity contribution in [2.24, 2.45) is 0 Å². The van der Waals surface area contributed by atoms with E-state index < -0.39 is 5.41 Å². The summed E-state index contributed by atoms with van der Waals surface area (Å²) in [6.07, 6.45) is 0. The Hall–Kier alpha value is -8.46. The Balaban J connectivity index is 1.13. The smallest absolute Gasteiger partial charge is 0.137 e. The van der Waals surface area contributed by atoms with Crippen LogP contribution in [0.4, 0.5) is 17.1 Å². The van der Waals surface area contributed by atoms with Gasteiger partial charge in [0, 0.05) is 27.9 Å². The van der Waals surface area contributed by atoms with Crippen LogP contribution in [0, 0.1) is 0 Å². The van der Waals surface area contributed by atoms with Gasteiger partial charge in [-0.2, -0.15) is 0 Å². The van der Waals surface area contributed by atoms with Gasteiger partial charge in [0.2, 0.25) is 0 Å². The molecule has 0 fully saturated rings. The second-order valence-electron chi connectivity index (χ2n) is 17.1. The zero-order valence-corrected chi connectivity index (χ0v) is 35.5. The van der Waals surface area contributed by atoms with E-state index in [4.69, 9.17) is 4.42 Å². The zero-order valence-electron chi connectivity index (χ0n) is 35.5. The van der Waals surface area contributed by atoms with E-state index in [-0.39, 0.29) is 0 Å². The Labute approximate surface area is 377 Å². The maximum atomic E-state index is 6.65. The van der Waals surface area contributed by atoms with Crippen molar-refractivity contribution in [2.45, 2.75) is 5.41 Å². The molecule has 0 N–H and O–H groups in total. The summed E-state index contributed by atoms with van der Waals surface area (Å²) < 4.78 is 6.65. The summed E-state index contributed by atoms with van der Waals surface area (Å²) in [6.45, 7) is 0. The molecule has 12 aromatic rings. The van der Waals surface area contributed by atoms with Crippen molar-refractivity contribution in [3.63, 3.8) is 0 Å². The quantitative estimate of drug-likeness (QED) is 0.159. The van der Waals surface area contributed by atoms with Gasteiger partial charge in [-0.3, -0.25) is 0 Å². The molecule has 1 atom stereocenters. The van der Waals surface area contributed by atoms with Gasteiger partial charge in [0.1, 0.15) is 11.2 Å². The summed E-state index contributed by atoms with van der Waals surface area (Å²) in [5.74, 6) is 0. The van der Waals surface area contributed by atoms with Crippen molar-refractivity contribution in [3.05, 3.63) is 271 Å². The average molecular weight is 828 g/mol. The molecule has 0 radical (unpaired) electrons. The molecule has 0 saturated carbocycles. The topological polar surface area (TPSA) is 16.4 Å². The van der Waals surface area contributed by atoms with Crippen LogP contribution in [0.2, 0.25) is 0 Å². The molecule has 0 bridgehead atoms. The van der Waals surface area contributed by atoms with Crippen molar-refractivity contribution in [1.29, 1.82) is 0 Å². The fourth-order valence-electron chi connectivity index (χ4n) is 11.0. The largest absolute Gasteiger partial charge is 0.456 e. The van der Waals surface area contributed by atoms with Crippen molar-refractivity contribution < 1.29 is 4.42 Å². The van der Waals surface area contributed by atoms with E-state index in [2.05, 4.69) is 248 Å². The predicted octanol–water partition coefficient (Wildman–Crippen LogP) is 17.1. The molecule has 0 saturated heterocycles. The second kappa shape index (κ2) is 14.8. The van der Waals surface area contributed by atoms with Crippen LogP contribution in [0.5, 0.6) is 0 Å². The number of nitrogens with zero attached hydrogens (tertiary/aromatic N) is 1. The van der Waals surface area contributed by atoms with Crippen molar-refractivity contribution >= 4 is 60.5 Å². The van der Waals surface area contributed by atoms with E-state index in [1.807, 2.05) is 6.07 Å². The highest BCUT2D eigenvalue weighted by Gasteiger charge is 2.48. The molecule has 1 aromatic heterocycles. The summed E-state index contributed by atoms with van der Waals surface area (Å²) in [7, 11) is 0. The third-order valence-electron chi connectivity index (χ3n) is 13.7. The van der Waals surface area contributed by atoms with E-state index in [1.54, 1.807) is 0 Å². The summed E-state index contributed by atoms with van der Waals surface area (Å²) in [5, 5.41) is 7.04. The molecule has 1 aliphatic carbocycles. The minimum Gasteiger partial charge on any atom is -0.456 e. The zero-order chi connectivity index (χ0) is 42.9. The van der Waals surface area contributed by atoms with Crippen LogP contribution in [0.15, 0.2) is 253 Å². The number of para-hydroxylation sites is 2. The van der Waals surface area contributed by atoms with Crippen LogP contribution < -0.4 is 4.90 Å². The molecule has 65 heavy (non-hydrogen) atoms. The van der Waals surface area contributed by atoms with Gasteiger partial charge >= 0.3 is 0 Å². The highest BCUT2D eigenvalue weighted by atomic mass is 16.3. The molecule has 2 nitrogen and oxygen atoms in total. The number of fused-ring (bicyclic) bond motifs is 8. The maximum Gasteiger partial charge on any atom is 0.137 e. The van der Waals surface area contributed by atoms with Gasteiger partial charge in [-0.05, 0) is 108 Å². The summed E-state index contributed by atoms with van der Waals surface area (Å²) in [5.41, 5.74) is 16.5. The van der Waals surface area contributed by atoms with E-state index >= 15 is 0 Å². The Bertz CT molecular complexity index is 3790. The molecule has 0 amide bonds. The third kappa shape index (κ3) is 5.67. The van der Waals surface area contributed by atoms with Gasteiger partial charge in [0.25, 0.3) is 0 Å². The number of anilines is 3. The SMILES string of the molecule is c1ccc(-c2ccc(N(c3ccc4c(c3)oc3ccccc34)c3ccccc3C3(c4ccccc4)c4ccccc4-c4ccc(-c5cccc6ccccc56)cc43)c3ccccc23)cc1. The Morgan fingerprint density at radius 2 is 0.908 bits per heavy atom. The average Bonchev–Trinajstić information content (AvgIpc) is 3.90. The Morgan fingerprint density at radius 1 is 0.308 bits per heavy atom. The molecule has 1 aliphatic rings. The van der Waals surface area contributed by atoms with E-state index in [0.717, 1.165) is 44.4 Å². The van der Waals surface area contributed by atoms with Crippen molar-refractivity contribution in [2.75, 3.05) is 4.90 Å². The van der Waals surface area contributed by atoms with E-state index in [0.29, 0.717) is 0 Å². The maximum absolute atomic E-state index is 6.65. The molecule has 1 heterocycles. The first-order chi connectivity index (χ1) is 32.3. The van der Waals surface area contributed by atoms with Gasteiger partial charge in [0.05, 0.1) is 16.8 Å². The van der Waals surface area contributed by atoms with Gasteiger partial charge < -0.3 is 9.32 Å². The van der Waals surface area contributed by atoms with Crippen LogP contribution in [0.1, 0.15) is 22.3 Å². The number of hydrogen-bond acceptors (Lipinski definition) is 2. The number of rotatable bonds is 7. The van der Waals surface area contributed by atoms with E-state index in [9.17, 15) is 0 Å². The van der Waals surface area contributed by atoms with Gasteiger partial charge in [-0.1, -0.05) is 206 Å². The lowest BCUT2D eigenvalue weighted by atomic mass is 9.66. The lowest BCUT2D eigenvalue weighted by Crippen LogP contribution is -2.31. The second-order valence-corrected chi connectivity index (χ2v) is 17.1. The Morgan fingerprint density at radius 3 is 1.77 bits per heavy atom. The van der Waals surface area contributed by atoms with Gasteiger partial charge in [-0.25, -0.2) is 0 Å². The lowest BCUT2D eigenvalue weighted by Gasteiger charge is -2.38. The first kappa shape index (κ1) is 37.1. The predicted molar refractivity (Wildman–Crippen MR) is 272 cm³/mol.